The molecule has 0 saturated carbocycles. The van der Waals surface area contributed by atoms with E-state index in [-0.39, 0.29) is 40.1 Å². The predicted molar refractivity (Wildman–Crippen MR) is 294 cm³/mol. The summed E-state index contributed by atoms with van der Waals surface area (Å²) in [5.74, 6) is 0.312. The van der Waals surface area contributed by atoms with Crippen molar-refractivity contribution in [2.45, 2.75) is 76.3 Å². The number of halogens is 2. The van der Waals surface area contributed by atoms with Crippen molar-refractivity contribution >= 4 is 77.8 Å². The highest BCUT2D eigenvalue weighted by Crippen LogP contribution is 2.72. The monoisotopic (exact) mass is 930 g/mol. The van der Waals surface area contributed by atoms with E-state index in [1.54, 1.807) is 0 Å². The third-order valence-electron chi connectivity index (χ3n) is 16.5. The minimum absolute atomic E-state index is 0.00307. The van der Waals surface area contributed by atoms with Gasteiger partial charge in [0.25, 0.3) is 0 Å². The van der Waals surface area contributed by atoms with Crippen molar-refractivity contribution in [3.63, 3.8) is 0 Å². The van der Waals surface area contributed by atoms with Gasteiger partial charge in [-0.15, -0.1) is 23.2 Å². The summed E-state index contributed by atoms with van der Waals surface area (Å²) in [6.07, 6.45) is 0. The molecular weight excluding hydrogens is 880 g/mol. The van der Waals surface area contributed by atoms with E-state index >= 15 is 0 Å². The van der Waals surface area contributed by atoms with E-state index in [0.29, 0.717) is 0 Å². The Kier molecular flexibility index (Phi) is 8.69. The van der Waals surface area contributed by atoms with Gasteiger partial charge in [-0.05, 0) is 102 Å². The van der Waals surface area contributed by atoms with Gasteiger partial charge in [0.2, 0.25) is 0 Å². The molecule has 11 aromatic rings. The van der Waals surface area contributed by atoms with Crippen molar-refractivity contribution in [2.24, 2.45) is 0 Å². The third kappa shape index (κ3) is 5.45. The highest BCUT2D eigenvalue weighted by atomic mass is 35.5. The molecule has 15 rings (SSSR count). The fourth-order valence-corrected chi connectivity index (χ4v) is 13.8. The van der Waals surface area contributed by atoms with Gasteiger partial charge in [-0.1, -0.05) is 187 Å². The highest BCUT2D eigenvalue weighted by molar-refractivity contribution is 6.40. The van der Waals surface area contributed by atoms with Crippen LogP contribution in [0.15, 0.2) is 170 Å². The number of anilines is 1. The number of pyridine rings is 2. The molecule has 0 spiro atoms. The van der Waals surface area contributed by atoms with Crippen LogP contribution < -0.4 is 4.90 Å². The molecule has 1 fully saturated rings. The molecule has 1 saturated heterocycles. The molecule has 336 valence electrons. The first-order valence-corrected chi connectivity index (χ1v) is 25.7. The molecule has 0 radical (unpaired) electrons. The van der Waals surface area contributed by atoms with Crippen LogP contribution in [0.3, 0.4) is 0 Å². The molecule has 69 heavy (non-hydrogen) atoms. The van der Waals surface area contributed by atoms with Gasteiger partial charge in [-0.3, -0.25) is 0 Å². The number of fused-ring (bicyclic) bond motifs is 24. The summed E-state index contributed by atoms with van der Waals surface area (Å²) in [5.41, 5.74) is 24.8. The van der Waals surface area contributed by atoms with Crippen LogP contribution in [0, 0.1) is 0 Å². The SMILES string of the molecule is CC(C)(C)c1cc2c3c(c1)-c1ccccc1[C@H]1[C@@H]4c5ccccc5-c5c(c6c7ccccc7c7cc(C(C)(C)C)cc8c9ccccc9c5n6c87)-c5ccccc5[C@@H]4[C@@H](c4ccccc4-2)N31.ClCCl. The van der Waals surface area contributed by atoms with Crippen LogP contribution in [0.2, 0.25) is 0 Å². The fraction of sp³-hybridized carbons (Fsp3) is 0.200. The number of alkyl halides is 2. The maximum Gasteiger partial charge on any atom is 0.0967 e. The van der Waals surface area contributed by atoms with Crippen LogP contribution in [0.1, 0.15) is 98.8 Å². The normalized spacial score (nSPS) is 18.5. The van der Waals surface area contributed by atoms with Gasteiger partial charge >= 0.3 is 0 Å². The molecular formula is C65H52Cl2N2. The van der Waals surface area contributed by atoms with Crippen molar-refractivity contribution in [3.05, 3.63) is 203 Å². The minimum atomic E-state index is -0.0170. The number of hydrogen-bond acceptors (Lipinski definition) is 1. The lowest BCUT2D eigenvalue weighted by molar-refractivity contribution is 0.555. The van der Waals surface area contributed by atoms with Crippen molar-refractivity contribution in [3.8, 4) is 44.5 Å². The van der Waals surface area contributed by atoms with Crippen LogP contribution in [-0.4, -0.2) is 9.74 Å². The maximum absolute atomic E-state index is 4.76. The molecule has 6 heterocycles. The highest BCUT2D eigenvalue weighted by Gasteiger charge is 2.58. The summed E-state index contributed by atoms with van der Waals surface area (Å²) >= 11 is 9.53. The van der Waals surface area contributed by atoms with E-state index < -0.39 is 0 Å². The average molecular weight is 932 g/mol. The number of rotatable bonds is 0. The molecule has 3 aromatic heterocycles. The second-order valence-corrected chi connectivity index (χ2v) is 22.8. The Morgan fingerprint density at radius 2 is 0.725 bits per heavy atom. The fourth-order valence-electron chi connectivity index (χ4n) is 13.8. The molecule has 0 amide bonds. The molecule has 0 N–H and O–H groups in total. The Balaban J connectivity index is 0.00000146. The molecule has 8 aromatic carbocycles. The zero-order chi connectivity index (χ0) is 46.8. The molecule has 4 heteroatoms. The number of aromatic nitrogens is 1. The smallest absolute Gasteiger partial charge is 0.0967 e. The number of hydrogen-bond donors (Lipinski definition) is 0. The summed E-state index contributed by atoms with van der Waals surface area (Å²) in [5, 5.41) is 8.10. The Labute approximate surface area is 414 Å². The largest absolute Gasteiger partial charge is 0.355 e. The summed E-state index contributed by atoms with van der Waals surface area (Å²) in [7, 11) is 0. The van der Waals surface area contributed by atoms with E-state index in [9.17, 15) is 0 Å². The lowest BCUT2D eigenvalue weighted by Crippen LogP contribution is -2.34. The number of nitrogens with zero attached hydrogens (tertiary/aromatic N) is 2. The average Bonchev–Trinajstić information content (AvgIpc) is 3.90. The zero-order valence-corrected chi connectivity index (χ0v) is 41.3. The van der Waals surface area contributed by atoms with Gasteiger partial charge < -0.3 is 9.30 Å². The van der Waals surface area contributed by atoms with Gasteiger partial charge in [0.15, 0.2) is 0 Å². The van der Waals surface area contributed by atoms with Crippen molar-refractivity contribution in [2.75, 3.05) is 10.2 Å². The molecule has 0 unspecified atom stereocenters. The Bertz CT molecular complexity index is 3740. The van der Waals surface area contributed by atoms with Gasteiger partial charge in [0.05, 0.1) is 39.7 Å². The second-order valence-electron chi connectivity index (χ2n) is 22.0. The van der Waals surface area contributed by atoms with Gasteiger partial charge in [0, 0.05) is 55.6 Å². The summed E-state index contributed by atoms with van der Waals surface area (Å²) in [6.45, 7) is 14.2. The summed E-state index contributed by atoms with van der Waals surface area (Å²) < 4.78 is 2.72. The van der Waals surface area contributed by atoms with E-state index in [1.807, 2.05) is 0 Å². The lowest BCUT2D eigenvalue weighted by atomic mass is 9.69. The second kappa shape index (κ2) is 14.5. The molecule has 2 nitrogen and oxygen atoms in total. The third-order valence-corrected chi connectivity index (χ3v) is 16.5. The Hall–Kier alpha value is -6.58. The number of benzene rings is 8. The first kappa shape index (κ1) is 41.4. The van der Waals surface area contributed by atoms with E-state index in [2.05, 4.69) is 221 Å². The van der Waals surface area contributed by atoms with Crippen LogP contribution in [0.25, 0.3) is 93.4 Å². The molecule has 4 aliphatic rings. The topological polar surface area (TPSA) is 7.65 Å². The first-order valence-electron chi connectivity index (χ1n) is 24.6. The minimum Gasteiger partial charge on any atom is -0.355 e. The lowest BCUT2D eigenvalue weighted by Gasteiger charge is -2.45. The van der Waals surface area contributed by atoms with E-state index in [4.69, 9.17) is 23.2 Å². The first-order chi connectivity index (χ1) is 33.5. The van der Waals surface area contributed by atoms with Gasteiger partial charge in [-0.25, -0.2) is 0 Å². The molecule has 4 atom stereocenters. The quantitative estimate of drug-likeness (QED) is 0.0835. The van der Waals surface area contributed by atoms with Crippen LogP contribution in [-0.2, 0) is 10.8 Å². The van der Waals surface area contributed by atoms with Crippen LogP contribution in [0.4, 0.5) is 5.69 Å². The maximum atomic E-state index is 4.76. The van der Waals surface area contributed by atoms with Crippen LogP contribution >= 0.6 is 23.2 Å². The Morgan fingerprint density at radius 3 is 1.14 bits per heavy atom. The zero-order valence-electron chi connectivity index (χ0n) is 39.8. The van der Waals surface area contributed by atoms with Crippen molar-refractivity contribution < 1.29 is 0 Å². The van der Waals surface area contributed by atoms with E-state index in [0.717, 1.165) is 0 Å². The van der Waals surface area contributed by atoms with E-state index in [1.165, 1.54) is 132 Å². The van der Waals surface area contributed by atoms with Crippen LogP contribution in [0.5, 0.6) is 0 Å². The van der Waals surface area contributed by atoms with Crippen molar-refractivity contribution in [1.82, 2.24) is 4.40 Å². The summed E-state index contributed by atoms with van der Waals surface area (Å²) in [4.78, 5) is 2.93. The van der Waals surface area contributed by atoms with Gasteiger partial charge in [-0.2, -0.15) is 0 Å². The summed E-state index contributed by atoms with van der Waals surface area (Å²) in [6, 6.07) is 67.0. The van der Waals surface area contributed by atoms with Crippen molar-refractivity contribution in [1.29, 1.82) is 0 Å². The molecule has 0 bridgehead atoms. The van der Waals surface area contributed by atoms with Gasteiger partial charge in [0.1, 0.15) is 0 Å². The standard InChI is InChI=1S/C64H50N2.CH2Cl2/c1-63(2,3)35-31-49-37-19-7-15-27-45(37)59-53-41-23-11-13-25-43(41)55-56(44-26-14-12-24-42(44)54(53)60-46-28-16-8-20-38(46)50(32-35)57(49)65(59)60)62-48-30-18-10-22-40(48)52-34-36(64(4,5)6)33-51-39-21-9-17-29-47(39)61(55)66(62)58(51)52;2-1-3/h7-34,53-54,59-60H,1-6H3;1H2/t53-,54+,59+,60-;. The Morgan fingerprint density at radius 1 is 0.377 bits per heavy atom. The predicted octanol–water partition coefficient (Wildman–Crippen LogP) is 18.5. The molecule has 1 aliphatic carbocycles. The molecule has 3 aliphatic heterocycles.